The van der Waals surface area contributed by atoms with Gasteiger partial charge in [0.25, 0.3) is 5.91 Å². The van der Waals surface area contributed by atoms with Crippen molar-refractivity contribution in [1.82, 2.24) is 9.62 Å². The van der Waals surface area contributed by atoms with Gasteiger partial charge >= 0.3 is 0 Å². The molecule has 22 heavy (non-hydrogen) atoms. The zero-order valence-corrected chi connectivity index (χ0v) is 14.1. The first-order chi connectivity index (χ1) is 10.2. The van der Waals surface area contributed by atoms with Crippen LogP contribution in [0.5, 0.6) is 0 Å². The highest BCUT2D eigenvalue weighted by Crippen LogP contribution is 2.30. The van der Waals surface area contributed by atoms with Gasteiger partial charge in [0.1, 0.15) is 6.04 Å². The second-order valence-electron chi connectivity index (χ2n) is 5.48. The maximum absolute atomic E-state index is 12.7. The minimum atomic E-state index is -3.39. The van der Waals surface area contributed by atoms with Crippen molar-refractivity contribution in [3.05, 3.63) is 28.2 Å². The van der Waals surface area contributed by atoms with E-state index in [0.29, 0.717) is 11.3 Å². The monoisotopic (exact) mass is 387 g/mol. The molecule has 2 N–H and O–H groups in total. The number of carbonyl (C=O) groups excluding carboxylic acids is 2. The number of rotatable bonds is 2. The Hall–Kier alpha value is -1.45. The van der Waals surface area contributed by atoms with Gasteiger partial charge in [0, 0.05) is 17.1 Å². The zero-order valence-electron chi connectivity index (χ0n) is 11.7. The number of nitrogens with one attached hydrogen (secondary N) is 2. The number of anilines is 1. The maximum atomic E-state index is 12.7. The Morgan fingerprint density at radius 1 is 1.36 bits per heavy atom. The van der Waals surface area contributed by atoms with Crippen LogP contribution < -0.4 is 10.0 Å². The molecule has 0 spiro atoms. The normalized spacial score (nSPS) is 24.5. The zero-order chi connectivity index (χ0) is 16.1. The average molecular weight is 388 g/mol. The van der Waals surface area contributed by atoms with Crippen molar-refractivity contribution >= 4 is 43.5 Å². The minimum absolute atomic E-state index is 0.177. The van der Waals surface area contributed by atoms with Gasteiger partial charge in [0.2, 0.25) is 15.9 Å². The lowest BCUT2D eigenvalue weighted by atomic mass is 10.1. The molecule has 0 aliphatic carbocycles. The number of carbonyl (C=O) groups is 2. The van der Waals surface area contributed by atoms with Gasteiger partial charge in [-0.2, -0.15) is 0 Å². The highest BCUT2D eigenvalue weighted by atomic mass is 79.9. The summed E-state index contributed by atoms with van der Waals surface area (Å²) < 4.78 is 25.9. The number of sulfonamides is 1. The predicted octanol–water partition coefficient (Wildman–Crippen LogP) is 0.534. The van der Waals surface area contributed by atoms with E-state index in [1.807, 2.05) is 0 Å². The highest BCUT2D eigenvalue weighted by Gasteiger charge is 2.43. The quantitative estimate of drug-likeness (QED) is 0.773. The standard InChI is InChI=1S/C13H14BrN3O4S/c1-22(20,21)16-8-5-11-12(18)15-10-3-2-7(14)4-9(10)13(19)17(11)6-8/h2-4,8,11,16H,5-6H2,1H3,(H,15,18)/t8-,11-/m0/s1. The summed E-state index contributed by atoms with van der Waals surface area (Å²) >= 11 is 3.31. The van der Waals surface area contributed by atoms with Crippen LogP contribution in [0.15, 0.2) is 22.7 Å². The molecule has 2 atom stereocenters. The van der Waals surface area contributed by atoms with E-state index in [0.717, 1.165) is 10.7 Å². The van der Waals surface area contributed by atoms with E-state index < -0.39 is 22.1 Å². The van der Waals surface area contributed by atoms with Gasteiger partial charge in [-0.1, -0.05) is 15.9 Å². The Bertz CT molecular complexity index is 765. The van der Waals surface area contributed by atoms with E-state index in [1.165, 1.54) is 4.90 Å². The molecule has 2 heterocycles. The van der Waals surface area contributed by atoms with E-state index in [1.54, 1.807) is 18.2 Å². The van der Waals surface area contributed by atoms with Crippen molar-refractivity contribution in [3.63, 3.8) is 0 Å². The smallest absolute Gasteiger partial charge is 0.256 e. The second kappa shape index (κ2) is 5.32. The van der Waals surface area contributed by atoms with E-state index in [-0.39, 0.29) is 24.8 Å². The number of amides is 2. The summed E-state index contributed by atoms with van der Waals surface area (Å²) in [6.45, 7) is 0.177. The van der Waals surface area contributed by atoms with Crippen molar-refractivity contribution in [1.29, 1.82) is 0 Å². The SMILES string of the molecule is CS(=O)(=O)N[C@H]1C[C@H]2C(=O)Nc3ccc(Br)cc3C(=O)N2C1. The van der Waals surface area contributed by atoms with Crippen LogP contribution in [-0.2, 0) is 14.8 Å². The van der Waals surface area contributed by atoms with Gasteiger partial charge < -0.3 is 10.2 Å². The van der Waals surface area contributed by atoms with Crippen LogP contribution >= 0.6 is 15.9 Å². The number of halogens is 1. The molecule has 0 bridgehead atoms. The molecule has 0 aromatic heterocycles. The first-order valence-corrected chi connectivity index (χ1v) is 9.32. The highest BCUT2D eigenvalue weighted by molar-refractivity contribution is 9.10. The van der Waals surface area contributed by atoms with Gasteiger partial charge in [-0.3, -0.25) is 9.59 Å². The Kier molecular flexibility index (Phi) is 3.74. The molecular weight excluding hydrogens is 374 g/mol. The van der Waals surface area contributed by atoms with Crippen LogP contribution in [0.4, 0.5) is 5.69 Å². The summed E-state index contributed by atoms with van der Waals surface area (Å²) in [5, 5.41) is 2.74. The lowest BCUT2D eigenvalue weighted by molar-refractivity contribution is -0.119. The molecule has 2 aliphatic heterocycles. The number of hydrogen-bond acceptors (Lipinski definition) is 4. The third-order valence-corrected chi connectivity index (χ3v) is 4.97. The van der Waals surface area contributed by atoms with Crippen LogP contribution in [0.25, 0.3) is 0 Å². The third-order valence-electron chi connectivity index (χ3n) is 3.72. The molecule has 3 rings (SSSR count). The molecular formula is C13H14BrN3O4S. The Morgan fingerprint density at radius 2 is 2.09 bits per heavy atom. The van der Waals surface area contributed by atoms with Crippen molar-refractivity contribution in [2.45, 2.75) is 18.5 Å². The van der Waals surface area contributed by atoms with Gasteiger partial charge in [-0.15, -0.1) is 0 Å². The summed E-state index contributed by atoms with van der Waals surface area (Å²) in [5.41, 5.74) is 0.866. The first-order valence-electron chi connectivity index (χ1n) is 6.63. The van der Waals surface area contributed by atoms with E-state index in [4.69, 9.17) is 0 Å². The fourth-order valence-electron chi connectivity index (χ4n) is 2.87. The topological polar surface area (TPSA) is 95.6 Å². The summed E-state index contributed by atoms with van der Waals surface area (Å²) in [7, 11) is -3.39. The van der Waals surface area contributed by atoms with Gasteiger partial charge in [0.05, 0.1) is 17.5 Å². The first kappa shape index (κ1) is 15.4. The van der Waals surface area contributed by atoms with E-state index in [2.05, 4.69) is 26.0 Å². The molecule has 0 unspecified atom stereocenters. The van der Waals surface area contributed by atoms with Gasteiger partial charge in [-0.25, -0.2) is 13.1 Å². The molecule has 0 radical (unpaired) electrons. The number of hydrogen-bond donors (Lipinski definition) is 2. The van der Waals surface area contributed by atoms with Gasteiger partial charge in [-0.05, 0) is 24.6 Å². The Balaban J connectivity index is 1.94. The largest absolute Gasteiger partial charge is 0.325 e. The Morgan fingerprint density at radius 3 is 2.77 bits per heavy atom. The van der Waals surface area contributed by atoms with Crippen molar-refractivity contribution in [2.75, 3.05) is 18.1 Å². The molecule has 9 heteroatoms. The number of benzene rings is 1. The summed E-state index contributed by atoms with van der Waals surface area (Å²) in [5.74, 6) is -0.579. The molecule has 1 aromatic carbocycles. The number of nitrogens with zero attached hydrogens (tertiary/aromatic N) is 1. The summed E-state index contributed by atoms with van der Waals surface area (Å²) in [4.78, 5) is 26.4. The third kappa shape index (κ3) is 2.88. The summed E-state index contributed by atoms with van der Waals surface area (Å²) in [6.07, 6.45) is 1.32. The molecule has 7 nitrogen and oxygen atoms in total. The van der Waals surface area contributed by atoms with Crippen LogP contribution in [0.1, 0.15) is 16.8 Å². The van der Waals surface area contributed by atoms with E-state index in [9.17, 15) is 18.0 Å². The van der Waals surface area contributed by atoms with Crippen molar-refractivity contribution in [2.24, 2.45) is 0 Å². The van der Waals surface area contributed by atoms with Crippen LogP contribution in [0, 0.1) is 0 Å². The van der Waals surface area contributed by atoms with Crippen molar-refractivity contribution < 1.29 is 18.0 Å². The van der Waals surface area contributed by atoms with Crippen LogP contribution in [-0.4, -0.2) is 50.0 Å². The molecule has 1 aromatic rings. The van der Waals surface area contributed by atoms with Gasteiger partial charge in [0.15, 0.2) is 0 Å². The fraction of sp³-hybridized carbons (Fsp3) is 0.385. The molecule has 2 aliphatic rings. The molecule has 2 amide bonds. The summed E-state index contributed by atoms with van der Waals surface area (Å²) in [6, 6.07) is 3.94. The lowest BCUT2D eigenvalue weighted by Gasteiger charge is -2.20. The average Bonchev–Trinajstić information content (AvgIpc) is 2.78. The predicted molar refractivity (Wildman–Crippen MR) is 84.0 cm³/mol. The second-order valence-corrected chi connectivity index (χ2v) is 8.17. The molecule has 1 fully saturated rings. The number of fused-ring (bicyclic) bond motifs is 2. The lowest BCUT2D eigenvalue weighted by Crippen LogP contribution is -2.41. The van der Waals surface area contributed by atoms with Crippen LogP contribution in [0.2, 0.25) is 0 Å². The molecule has 0 saturated carbocycles. The van der Waals surface area contributed by atoms with E-state index >= 15 is 0 Å². The minimum Gasteiger partial charge on any atom is -0.325 e. The molecule has 1 saturated heterocycles. The van der Waals surface area contributed by atoms with Crippen molar-refractivity contribution in [3.8, 4) is 0 Å². The Labute approximate surface area is 136 Å². The maximum Gasteiger partial charge on any atom is 0.256 e. The van der Waals surface area contributed by atoms with Crippen LogP contribution in [0.3, 0.4) is 0 Å². The fourth-order valence-corrected chi connectivity index (χ4v) is 4.01. The molecule has 118 valence electrons.